The van der Waals surface area contributed by atoms with Crippen molar-refractivity contribution >= 4 is 102 Å². The second kappa shape index (κ2) is 5.89. The molecule has 34 heavy (non-hydrogen) atoms. The van der Waals surface area contributed by atoms with E-state index in [1.807, 2.05) is 22.7 Å². The second-order valence-corrected chi connectivity index (χ2v) is 12.3. The molecule has 0 aliphatic heterocycles. The van der Waals surface area contributed by atoms with Crippen LogP contribution in [0.1, 0.15) is 29.3 Å². The van der Waals surface area contributed by atoms with Crippen LogP contribution in [0, 0.1) is 6.92 Å². The van der Waals surface area contributed by atoms with Gasteiger partial charge in [0.15, 0.2) is 0 Å². The third-order valence-corrected chi connectivity index (χ3v) is 10.6. The van der Waals surface area contributed by atoms with Gasteiger partial charge in [-0.15, -0.1) is 22.7 Å². The average molecular weight is 469 g/mol. The number of thiophene rings is 2. The first kappa shape index (κ1) is 18.2. The number of allylic oxidation sites excluding steroid dienone is 1. The van der Waals surface area contributed by atoms with Gasteiger partial charge in [0.2, 0.25) is 0 Å². The molecule has 160 valence electrons. The molecule has 6 aromatic carbocycles. The number of rotatable bonds is 0. The number of hydrogen-bond donors (Lipinski definition) is 0. The highest BCUT2D eigenvalue weighted by Crippen LogP contribution is 2.55. The normalized spacial score (nSPS) is 14.7. The van der Waals surface area contributed by atoms with E-state index in [9.17, 15) is 0 Å². The van der Waals surface area contributed by atoms with Gasteiger partial charge < -0.3 is 0 Å². The standard InChI is InChI=1S/C32H20S2/c1-15-9-11-17-23(13-15)33-31-27(17)19-5-3-8-22-25(19)29(31)21-7-4-6-20-26(21)30(22)32-28(20)18-12-10-16(2)14-24(18)34-32/h3-9,11,13-14H,10,12H2,1-2H3. The lowest BCUT2D eigenvalue weighted by atomic mass is 9.95. The molecule has 0 unspecified atom stereocenters. The van der Waals surface area contributed by atoms with E-state index in [1.165, 1.54) is 102 Å². The molecule has 0 radical (unpaired) electrons. The van der Waals surface area contributed by atoms with Crippen molar-refractivity contribution in [3.8, 4) is 0 Å². The fraction of sp³-hybridized carbons (Fsp3) is 0.125. The molecule has 8 aromatic rings. The molecule has 0 spiro atoms. The molecule has 2 aromatic heterocycles. The van der Waals surface area contributed by atoms with Gasteiger partial charge in [0, 0.05) is 45.9 Å². The SMILES string of the molecule is CC1=Cc2sc3c(c2CC1)c1cccc2c1c3c1cccc3c4c5ccc(C)cc5sc4c2c31. The summed E-state index contributed by atoms with van der Waals surface area (Å²) in [6, 6.07) is 21.0. The lowest BCUT2D eigenvalue weighted by Crippen LogP contribution is -1.93. The van der Waals surface area contributed by atoms with Gasteiger partial charge in [0.1, 0.15) is 0 Å². The molecule has 0 bridgehead atoms. The van der Waals surface area contributed by atoms with Gasteiger partial charge in [-0.3, -0.25) is 0 Å². The number of aryl methyl sites for hydroxylation is 2. The summed E-state index contributed by atoms with van der Waals surface area (Å²) in [4.78, 5) is 1.49. The first-order valence-corrected chi connectivity index (χ1v) is 13.7. The summed E-state index contributed by atoms with van der Waals surface area (Å²) in [6.45, 7) is 4.48. The molecule has 0 atom stereocenters. The average Bonchev–Trinajstić information content (AvgIpc) is 3.55. The Morgan fingerprint density at radius 2 is 1.24 bits per heavy atom. The van der Waals surface area contributed by atoms with Crippen LogP contribution in [0.4, 0.5) is 0 Å². The lowest BCUT2D eigenvalue weighted by Gasteiger charge is -2.10. The van der Waals surface area contributed by atoms with Crippen LogP contribution >= 0.6 is 22.7 Å². The molecule has 0 nitrogen and oxygen atoms in total. The van der Waals surface area contributed by atoms with Crippen molar-refractivity contribution in [3.05, 3.63) is 76.2 Å². The minimum atomic E-state index is 1.17. The fourth-order valence-electron chi connectivity index (χ4n) is 6.79. The molecule has 9 rings (SSSR count). The minimum absolute atomic E-state index is 1.17. The second-order valence-electron chi connectivity index (χ2n) is 10.2. The number of benzene rings is 4. The van der Waals surface area contributed by atoms with E-state index in [0.717, 1.165) is 0 Å². The summed E-state index contributed by atoms with van der Waals surface area (Å²) in [7, 11) is 0. The Kier molecular flexibility index (Phi) is 3.15. The molecule has 0 amide bonds. The maximum Gasteiger partial charge on any atom is 0.0446 e. The summed E-state index contributed by atoms with van der Waals surface area (Å²) in [5, 5.41) is 16.1. The van der Waals surface area contributed by atoms with E-state index in [4.69, 9.17) is 0 Å². The molecule has 1 aliphatic carbocycles. The van der Waals surface area contributed by atoms with E-state index in [2.05, 4.69) is 74.5 Å². The van der Waals surface area contributed by atoms with Crippen LogP contribution in [-0.4, -0.2) is 0 Å². The van der Waals surface area contributed by atoms with Crippen LogP contribution in [0.25, 0.3) is 79.4 Å². The van der Waals surface area contributed by atoms with Crippen LogP contribution in [0.15, 0.2) is 60.2 Å². The van der Waals surface area contributed by atoms with Crippen molar-refractivity contribution in [3.63, 3.8) is 0 Å². The smallest absolute Gasteiger partial charge is 0.0446 e. The van der Waals surface area contributed by atoms with Crippen LogP contribution in [0.3, 0.4) is 0 Å². The van der Waals surface area contributed by atoms with Crippen molar-refractivity contribution < 1.29 is 0 Å². The van der Waals surface area contributed by atoms with E-state index in [-0.39, 0.29) is 0 Å². The number of fused-ring (bicyclic) bond motifs is 12. The predicted molar refractivity (Wildman–Crippen MR) is 154 cm³/mol. The third kappa shape index (κ3) is 1.95. The van der Waals surface area contributed by atoms with Crippen molar-refractivity contribution in [1.82, 2.24) is 0 Å². The largest absolute Gasteiger partial charge is 0.135 e. The zero-order valence-corrected chi connectivity index (χ0v) is 20.6. The molecule has 0 N–H and O–H groups in total. The third-order valence-electron chi connectivity index (χ3n) is 8.19. The molecule has 2 heteroatoms. The van der Waals surface area contributed by atoms with Gasteiger partial charge in [-0.25, -0.2) is 0 Å². The van der Waals surface area contributed by atoms with Crippen molar-refractivity contribution in [1.29, 1.82) is 0 Å². The Labute approximate surface area is 204 Å². The van der Waals surface area contributed by atoms with Gasteiger partial charge in [-0.1, -0.05) is 54.1 Å². The maximum atomic E-state index is 2.44. The van der Waals surface area contributed by atoms with Gasteiger partial charge in [0.25, 0.3) is 0 Å². The highest BCUT2D eigenvalue weighted by molar-refractivity contribution is 7.27. The Morgan fingerprint density at radius 1 is 0.588 bits per heavy atom. The molecule has 2 heterocycles. The predicted octanol–water partition coefficient (Wildman–Crippen LogP) is 10.4. The number of hydrogen-bond acceptors (Lipinski definition) is 2. The summed E-state index contributed by atoms with van der Waals surface area (Å²) < 4.78 is 4.37. The van der Waals surface area contributed by atoms with Crippen LogP contribution in [-0.2, 0) is 6.42 Å². The van der Waals surface area contributed by atoms with Crippen LogP contribution in [0.5, 0.6) is 0 Å². The molecular formula is C32H20S2. The van der Waals surface area contributed by atoms with E-state index >= 15 is 0 Å². The fourth-order valence-corrected chi connectivity index (χ4v) is 9.63. The monoisotopic (exact) mass is 468 g/mol. The van der Waals surface area contributed by atoms with Crippen LogP contribution in [0.2, 0.25) is 0 Å². The Bertz CT molecular complexity index is 2180. The van der Waals surface area contributed by atoms with E-state index in [0.29, 0.717) is 0 Å². The van der Waals surface area contributed by atoms with E-state index < -0.39 is 0 Å². The van der Waals surface area contributed by atoms with Gasteiger partial charge >= 0.3 is 0 Å². The maximum absolute atomic E-state index is 2.44. The molecule has 0 fully saturated rings. The zero-order chi connectivity index (χ0) is 22.3. The van der Waals surface area contributed by atoms with Crippen molar-refractivity contribution in [2.24, 2.45) is 0 Å². The first-order valence-electron chi connectivity index (χ1n) is 12.1. The Morgan fingerprint density at radius 3 is 1.97 bits per heavy atom. The van der Waals surface area contributed by atoms with Gasteiger partial charge in [-0.05, 0) is 82.3 Å². The summed E-state index contributed by atoms with van der Waals surface area (Å²) in [5.41, 5.74) is 4.43. The van der Waals surface area contributed by atoms with Crippen molar-refractivity contribution in [2.75, 3.05) is 0 Å². The molecule has 1 aliphatic rings. The Balaban J connectivity index is 1.61. The first-order chi connectivity index (χ1) is 16.7. The minimum Gasteiger partial charge on any atom is -0.135 e. The highest BCUT2D eigenvalue weighted by atomic mass is 32.1. The lowest BCUT2D eigenvalue weighted by molar-refractivity contribution is 0.943. The van der Waals surface area contributed by atoms with Gasteiger partial charge in [-0.2, -0.15) is 0 Å². The van der Waals surface area contributed by atoms with Crippen LogP contribution < -0.4 is 0 Å². The summed E-state index contributed by atoms with van der Waals surface area (Å²) >= 11 is 4.00. The molecular weight excluding hydrogens is 448 g/mol. The molecule has 0 saturated heterocycles. The highest BCUT2D eigenvalue weighted by Gasteiger charge is 2.26. The quantitative estimate of drug-likeness (QED) is 0.194. The summed E-state index contributed by atoms with van der Waals surface area (Å²) in [5.74, 6) is 0. The van der Waals surface area contributed by atoms with Gasteiger partial charge in [0.05, 0.1) is 0 Å². The van der Waals surface area contributed by atoms with Crippen molar-refractivity contribution in [2.45, 2.75) is 26.7 Å². The molecule has 0 saturated carbocycles. The topological polar surface area (TPSA) is 0 Å². The Hall–Kier alpha value is -3.20. The zero-order valence-electron chi connectivity index (χ0n) is 19.0. The summed E-state index contributed by atoms with van der Waals surface area (Å²) in [6.07, 6.45) is 4.79. The van der Waals surface area contributed by atoms with E-state index in [1.54, 1.807) is 5.56 Å².